The van der Waals surface area contributed by atoms with Gasteiger partial charge in [-0.2, -0.15) is 0 Å². The molecule has 0 saturated carbocycles. The second-order valence-electron chi connectivity index (χ2n) is 6.60. The molecule has 0 heterocycles. The van der Waals surface area contributed by atoms with Crippen LogP contribution in [0.2, 0.25) is 0 Å². The van der Waals surface area contributed by atoms with Gasteiger partial charge >= 0.3 is 6.36 Å². The summed E-state index contributed by atoms with van der Waals surface area (Å²) in [7, 11) is 0. The third-order valence-corrected chi connectivity index (χ3v) is 4.79. The van der Waals surface area contributed by atoms with Gasteiger partial charge < -0.3 is 4.74 Å². The first-order valence-corrected chi connectivity index (χ1v) is 8.85. The van der Waals surface area contributed by atoms with E-state index < -0.39 is 12.2 Å². The van der Waals surface area contributed by atoms with E-state index in [1.165, 1.54) is 35.9 Å². The van der Waals surface area contributed by atoms with Gasteiger partial charge in [0.15, 0.2) is 0 Å². The molecule has 0 unspecified atom stereocenters. The number of hydrogen-bond acceptors (Lipinski definition) is 1. The van der Waals surface area contributed by atoms with Gasteiger partial charge in [-0.1, -0.05) is 49.4 Å². The largest absolute Gasteiger partial charge is 0.573 e. The Bertz CT molecular complexity index is 1160. The summed E-state index contributed by atoms with van der Waals surface area (Å²) in [6, 6.07) is 18.5. The maximum absolute atomic E-state index is 14.8. The van der Waals surface area contributed by atoms with Gasteiger partial charge in [-0.15, -0.1) is 13.2 Å². The Morgan fingerprint density at radius 1 is 0.786 bits per heavy atom. The van der Waals surface area contributed by atoms with E-state index in [2.05, 4.69) is 17.7 Å². The Morgan fingerprint density at radius 3 is 2.11 bits per heavy atom. The van der Waals surface area contributed by atoms with Gasteiger partial charge in [0, 0.05) is 5.56 Å². The molecule has 4 rings (SSSR count). The second kappa shape index (κ2) is 6.82. The van der Waals surface area contributed by atoms with Gasteiger partial charge in [0.2, 0.25) is 0 Å². The fourth-order valence-corrected chi connectivity index (χ4v) is 3.41. The topological polar surface area (TPSA) is 9.23 Å². The summed E-state index contributed by atoms with van der Waals surface area (Å²) < 4.78 is 55.6. The van der Waals surface area contributed by atoms with Crippen LogP contribution in [0, 0.1) is 5.82 Å². The van der Waals surface area contributed by atoms with Crippen LogP contribution in [0.15, 0.2) is 66.7 Å². The smallest absolute Gasteiger partial charge is 0.406 e. The van der Waals surface area contributed by atoms with Gasteiger partial charge in [0.05, 0.1) is 0 Å². The standard InChI is InChI=1S/C23H16F4O/c1-2-14-3-10-19-16(11-14)4-5-17-12-21(22(24)13-20(17)19)15-6-8-18(9-7-15)28-23(25,26)27/h3-13H,2H2,1H3. The maximum atomic E-state index is 14.8. The number of ether oxygens (including phenoxy) is 1. The van der Waals surface area contributed by atoms with Crippen LogP contribution in [0.25, 0.3) is 32.7 Å². The first-order valence-electron chi connectivity index (χ1n) is 8.85. The number of halogens is 4. The number of rotatable bonds is 3. The highest BCUT2D eigenvalue weighted by Crippen LogP contribution is 2.33. The molecule has 0 N–H and O–H groups in total. The zero-order valence-corrected chi connectivity index (χ0v) is 15.0. The molecule has 4 aromatic carbocycles. The first kappa shape index (κ1) is 18.3. The Labute approximate surface area is 159 Å². The molecule has 0 fully saturated rings. The molecule has 0 aromatic heterocycles. The van der Waals surface area contributed by atoms with E-state index in [-0.39, 0.29) is 5.75 Å². The minimum absolute atomic E-state index is 0.329. The van der Waals surface area contributed by atoms with E-state index >= 15 is 0 Å². The van der Waals surface area contributed by atoms with E-state index in [0.717, 1.165) is 28.0 Å². The monoisotopic (exact) mass is 384 g/mol. The van der Waals surface area contributed by atoms with E-state index in [1.54, 1.807) is 6.07 Å². The quantitative estimate of drug-likeness (QED) is 0.267. The normalized spacial score (nSPS) is 11.9. The lowest BCUT2D eigenvalue weighted by molar-refractivity contribution is -0.274. The molecule has 4 aromatic rings. The van der Waals surface area contributed by atoms with Gasteiger partial charge in [-0.05, 0) is 63.4 Å². The average molecular weight is 384 g/mol. The minimum Gasteiger partial charge on any atom is -0.406 e. The number of alkyl halides is 3. The van der Waals surface area contributed by atoms with Gasteiger partial charge in [0.25, 0.3) is 0 Å². The van der Waals surface area contributed by atoms with Crippen molar-refractivity contribution in [1.29, 1.82) is 0 Å². The number of hydrogen-bond donors (Lipinski definition) is 0. The van der Waals surface area contributed by atoms with Crippen molar-refractivity contribution in [3.05, 3.63) is 78.1 Å². The zero-order chi connectivity index (χ0) is 19.9. The fourth-order valence-electron chi connectivity index (χ4n) is 3.41. The fraction of sp³-hybridized carbons (Fsp3) is 0.130. The molecule has 0 saturated heterocycles. The van der Waals surface area contributed by atoms with Crippen LogP contribution in [0.3, 0.4) is 0 Å². The van der Waals surface area contributed by atoms with E-state index in [0.29, 0.717) is 11.1 Å². The van der Waals surface area contributed by atoms with Crippen molar-refractivity contribution >= 4 is 21.5 Å². The van der Waals surface area contributed by atoms with Crippen molar-refractivity contribution in [2.24, 2.45) is 0 Å². The van der Waals surface area contributed by atoms with Crippen molar-refractivity contribution in [3.8, 4) is 16.9 Å². The van der Waals surface area contributed by atoms with Crippen LogP contribution >= 0.6 is 0 Å². The summed E-state index contributed by atoms with van der Waals surface area (Å²) in [5, 5.41) is 3.68. The van der Waals surface area contributed by atoms with Crippen LogP contribution in [0.5, 0.6) is 5.75 Å². The van der Waals surface area contributed by atoms with Gasteiger partial charge in [-0.3, -0.25) is 0 Å². The number of fused-ring (bicyclic) bond motifs is 3. The third-order valence-electron chi connectivity index (χ3n) is 4.79. The van der Waals surface area contributed by atoms with Crippen molar-refractivity contribution < 1.29 is 22.3 Å². The van der Waals surface area contributed by atoms with Crippen molar-refractivity contribution in [3.63, 3.8) is 0 Å². The Morgan fingerprint density at radius 2 is 1.46 bits per heavy atom. The summed E-state index contributed by atoms with van der Waals surface area (Å²) >= 11 is 0. The van der Waals surface area contributed by atoms with Crippen molar-refractivity contribution in [2.45, 2.75) is 19.7 Å². The molecule has 0 radical (unpaired) electrons. The SMILES string of the molecule is CCc1ccc2c(ccc3cc(-c4ccc(OC(F)(F)F)cc4)c(F)cc32)c1. The van der Waals surface area contributed by atoms with Crippen LogP contribution in [-0.4, -0.2) is 6.36 Å². The van der Waals surface area contributed by atoms with Gasteiger partial charge in [-0.25, -0.2) is 4.39 Å². The van der Waals surface area contributed by atoms with E-state index in [9.17, 15) is 17.6 Å². The second-order valence-corrected chi connectivity index (χ2v) is 6.60. The summed E-state index contributed by atoms with van der Waals surface area (Å²) in [6.45, 7) is 2.08. The predicted molar refractivity (Wildman–Crippen MR) is 103 cm³/mol. The summed E-state index contributed by atoms with van der Waals surface area (Å²) in [5.41, 5.74) is 2.02. The third kappa shape index (κ3) is 3.52. The summed E-state index contributed by atoms with van der Waals surface area (Å²) in [6.07, 6.45) is -3.83. The average Bonchev–Trinajstić information content (AvgIpc) is 2.66. The highest BCUT2D eigenvalue weighted by Gasteiger charge is 2.31. The van der Waals surface area contributed by atoms with Crippen molar-refractivity contribution in [2.75, 3.05) is 0 Å². The summed E-state index contributed by atoms with van der Waals surface area (Å²) in [4.78, 5) is 0. The predicted octanol–water partition coefficient (Wildman–Crippen LogP) is 7.26. The van der Waals surface area contributed by atoms with Crippen LogP contribution < -0.4 is 4.74 Å². The molecular weight excluding hydrogens is 368 g/mol. The first-order chi connectivity index (χ1) is 13.3. The molecule has 0 amide bonds. The molecule has 0 aliphatic carbocycles. The highest BCUT2D eigenvalue weighted by atomic mass is 19.4. The van der Waals surface area contributed by atoms with Crippen LogP contribution in [-0.2, 0) is 6.42 Å². The van der Waals surface area contributed by atoms with Crippen LogP contribution in [0.1, 0.15) is 12.5 Å². The lowest BCUT2D eigenvalue weighted by atomic mass is 9.96. The summed E-state index contributed by atoms with van der Waals surface area (Å²) in [5.74, 6) is -0.765. The molecule has 0 bridgehead atoms. The highest BCUT2D eigenvalue weighted by molar-refractivity contribution is 6.08. The maximum Gasteiger partial charge on any atom is 0.573 e. The van der Waals surface area contributed by atoms with Gasteiger partial charge in [0.1, 0.15) is 11.6 Å². The van der Waals surface area contributed by atoms with Crippen LogP contribution in [0.4, 0.5) is 17.6 Å². The van der Waals surface area contributed by atoms with E-state index in [1.807, 2.05) is 24.3 Å². The Kier molecular flexibility index (Phi) is 4.46. The minimum atomic E-state index is -4.76. The van der Waals surface area contributed by atoms with Crippen molar-refractivity contribution in [1.82, 2.24) is 0 Å². The molecule has 0 spiro atoms. The molecule has 142 valence electrons. The zero-order valence-electron chi connectivity index (χ0n) is 15.0. The number of benzene rings is 4. The molecule has 0 atom stereocenters. The molecule has 0 aliphatic rings. The molecule has 5 heteroatoms. The van der Waals surface area contributed by atoms with E-state index in [4.69, 9.17) is 0 Å². The Balaban J connectivity index is 1.78. The molecule has 28 heavy (non-hydrogen) atoms. The Hall–Kier alpha value is -3.08. The molecule has 1 nitrogen and oxygen atoms in total. The number of aryl methyl sites for hydroxylation is 1. The molecule has 0 aliphatic heterocycles. The molecular formula is C23H16F4O. The lowest BCUT2D eigenvalue weighted by Crippen LogP contribution is -2.16. The lowest BCUT2D eigenvalue weighted by Gasteiger charge is -2.11.